The quantitative estimate of drug-likeness (QED) is 0.827. The highest BCUT2D eigenvalue weighted by Gasteiger charge is 2.19. The second-order valence-electron chi connectivity index (χ2n) is 3.67. The van der Waals surface area contributed by atoms with Gasteiger partial charge in [-0.05, 0) is 51.5 Å². The predicted molar refractivity (Wildman–Crippen MR) is 69.1 cm³/mol. The molecule has 0 saturated carbocycles. The topological polar surface area (TPSA) is 26.0 Å². The Morgan fingerprint density at radius 3 is 2.53 bits per heavy atom. The number of hydrogen-bond donors (Lipinski definition) is 1. The molecule has 0 amide bonds. The third-order valence-electron chi connectivity index (χ3n) is 2.63. The van der Waals surface area contributed by atoms with Gasteiger partial charge in [0.05, 0.1) is 10.5 Å². The van der Waals surface area contributed by atoms with Crippen LogP contribution in [0.4, 0.5) is 8.78 Å². The highest BCUT2D eigenvalue weighted by atomic mass is 79.9. The Morgan fingerprint density at radius 2 is 1.94 bits per heavy atom. The number of hydrogen-bond acceptors (Lipinski definition) is 2. The summed E-state index contributed by atoms with van der Waals surface area (Å²) in [5, 5.41) is 1.93. The summed E-state index contributed by atoms with van der Waals surface area (Å²) < 4.78 is 26.5. The van der Waals surface area contributed by atoms with Crippen LogP contribution in [0.25, 0.3) is 0 Å². The van der Waals surface area contributed by atoms with E-state index in [-0.39, 0.29) is 4.47 Å². The molecule has 0 bridgehead atoms. The van der Waals surface area contributed by atoms with Crippen LogP contribution in [-0.2, 0) is 0 Å². The van der Waals surface area contributed by atoms with Gasteiger partial charge in [-0.15, -0.1) is 11.3 Å². The van der Waals surface area contributed by atoms with Crippen LogP contribution in [-0.4, -0.2) is 0 Å². The van der Waals surface area contributed by atoms with Gasteiger partial charge in [0, 0.05) is 4.88 Å². The van der Waals surface area contributed by atoms with Gasteiger partial charge in [-0.25, -0.2) is 8.78 Å². The standard InChI is InChI=1S/C12H10BrF2NS/c1-6-7(4-5-17-6)12(16)8-2-3-9(14)11(15)10(8)13/h2-5,12H,16H2,1H3. The molecule has 17 heavy (non-hydrogen) atoms. The molecule has 0 spiro atoms. The van der Waals surface area contributed by atoms with Crippen LogP contribution in [0.5, 0.6) is 0 Å². The molecule has 2 aromatic rings. The van der Waals surface area contributed by atoms with Crippen LogP contribution >= 0.6 is 27.3 Å². The van der Waals surface area contributed by atoms with Crippen molar-refractivity contribution in [2.75, 3.05) is 0 Å². The molecule has 0 aliphatic heterocycles. The van der Waals surface area contributed by atoms with Crippen LogP contribution in [0.1, 0.15) is 22.0 Å². The van der Waals surface area contributed by atoms with E-state index < -0.39 is 17.7 Å². The first-order valence-electron chi connectivity index (χ1n) is 4.95. The van der Waals surface area contributed by atoms with Crippen LogP contribution in [0.15, 0.2) is 28.1 Å². The number of benzene rings is 1. The maximum absolute atomic E-state index is 13.4. The molecule has 1 nitrogen and oxygen atoms in total. The monoisotopic (exact) mass is 317 g/mol. The first kappa shape index (κ1) is 12.7. The molecule has 0 aliphatic rings. The number of rotatable bonds is 2. The Balaban J connectivity index is 2.48. The highest BCUT2D eigenvalue weighted by molar-refractivity contribution is 9.10. The van der Waals surface area contributed by atoms with Crippen molar-refractivity contribution in [3.8, 4) is 0 Å². The van der Waals surface area contributed by atoms with Crippen LogP contribution in [0.2, 0.25) is 0 Å². The van der Waals surface area contributed by atoms with E-state index >= 15 is 0 Å². The zero-order chi connectivity index (χ0) is 12.6. The minimum absolute atomic E-state index is 0.0931. The van der Waals surface area contributed by atoms with Crippen molar-refractivity contribution in [1.29, 1.82) is 0 Å². The Bertz CT molecular complexity index is 553. The van der Waals surface area contributed by atoms with Crippen molar-refractivity contribution >= 4 is 27.3 Å². The van der Waals surface area contributed by atoms with Gasteiger partial charge in [0.2, 0.25) is 0 Å². The third-order valence-corrected chi connectivity index (χ3v) is 4.30. The van der Waals surface area contributed by atoms with E-state index in [1.54, 1.807) is 11.3 Å². The van der Waals surface area contributed by atoms with E-state index in [1.165, 1.54) is 6.07 Å². The summed E-state index contributed by atoms with van der Waals surface area (Å²) in [6.07, 6.45) is 0. The lowest BCUT2D eigenvalue weighted by Crippen LogP contribution is -2.13. The molecule has 1 unspecified atom stereocenters. The zero-order valence-corrected chi connectivity index (χ0v) is 11.4. The normalized spacial score (nSPS) is 12.8. The molecule has 2 N–H and O–H groups in total. The number of nitrogens with two attached hydrogens (primary N) is 1. The fourth-order valence-corrected chi connectivity index (χ4v) is 2.98. The van der Waals surface area contributed by atoms with Gasteiger partial charge in [0.25, 0.3) is 0 Å². The Kier molecular flexibility index (Phi) is 3.61. The molecule has 2 rings (SSSR count). The number of aryl methyl sites for hydroxylation is 1. The van der Waals surface area contributed by atoms with Crippen LogP contribution in [0, 0.1) is 18.6 Å². The predicted octanol–water partition coefficient (Wildman–Crippen LogP) is 4.15. The number of thiophene rings is 1. The first-order chi connectivity index (χ1) is 8.02. The molecule has 1 aromatic carbocycles. The average molecular weight is 318 g/mol. The lowest BCUT2D eigenvalue weighted by molar-refractivity contribution is 0.501. The molecule has 0 radical (unpaired) electrons. The highest BCUT2D eigenvalue weighted by Crippen LogP contribution is 2.32. The van der Waals surface area contributed by atoms with Gasteiger partial charge in [0.15, 0.2) is 11.6 Å². The van der Waals surface area contributed by atoms with Crippen molar-refractivity contribution in [3.63, 3.8) is 0 Å². The summed E-state index contributed by atoms with van der Waals surface area (Å²) in [6, 6.07) is 4.05. The second kappa shape index (κ2) is 4.84. The molecule has 1 heterocycles. The minimum Gasteiger partial charge on any atom is -0.320 e. The molecule has 5 heteroatoms. The Hall–Kier alpha value is -0.780. The maximum Gasteiger partial charge on any atom is 0.173 e. The van der Waals surface area contributed by atoms with Gasteiger partial charge >= 0.3 is 0 Å². The molecule has 0 fully saturated rings. The van der Waals surface area contributed by atoms with E-state index in [4.69, 9.17) is 5.73 Å². The fraction of sp³-hybridized carbons (Fsp3) is 0.167. The van der Waals surface area contributed by atoms with Crippen molar-refractivity contribution in [2.45, 2.75) is 13.0 Å². The lowest BCUT2D eigenvalue weighted by Gasteiger charge is -2.14. The third kappa shape index (κ3) is 2.27. The molecule has 1 atom stereocenters. The van der Waals surface area contributed by atoms with E-state index in [0.29, 0.717) is 5.56 Å². The minimum atomic E-state index is -0.897. The van der Waals surface area contributed by atoms with Crippen LogP contribution in [0.3, 0.4) is 0 Å². The van der Waals surface area contributed by atoms with Gasteiger partial charge in [-0.2, -0.15) is 0 Å². The lowest BCUT2D eigenvalue weighted by atomic mass is 10.0. The van der Waals surface area contributed by atoms with Crippen molar-refractivity contribution in [3.05, 3.63) is 55.7 Å². The fourth-order valence-electron chi connectivity index (χ4n) is 1.67. The molecule has 1 aromatic heterocycles. The van der Waals surface area contributed by atoms with Crippen molar-refractivity contribution in [2.24, 2.45) is 5.73 Å². The molecule has 0 saturated heterocycles. The van der Waals surface area contributed by atoms with Crippen molar-refractivity contribution < 1.29 is 8.78 Å². The Morgan fingerprint density at radius 1 is 1.24 bits per heavy atom. The molecule has 0 aliphatic carbocycles. The SMILES string of the molecule is Cc1sccc1C(N)c1ccc(F)c(F)c1Br. The van der Waals surface area contributed by atoms with Gasteiger partial charge in [0.1, 0.15) is 0 Å². The summed E-state index contributed by atoms with van der Waals surface area (Å²) in [6.45, 7) is 1.95. The smallest absolute Gasteiger partial charge is 0.173 e. The number of halogens is 3. The summed E-state index contributed by atoms with van der Waals surface area (Å²) in [5.74, 6) is -1.78. The van der Waals surface area contributed by atoms with E-state index in [2.05, 4.69) is 15.9 Å². The summed E-state index contributed by atoms with van der Waals surface area (Å²) in [5.41, 5.74) is 7.55. The first-order valence-corrected chi connectivity index (χ1v) is 6.62. The summed E-state index contributed by atoms with van der Waals surface area (Å²) in [4.78, 5) is 1.08. The van der Waals surface area contributed by atoms with E-state index in [1.807, 2.05) is 18.4 Å². The summed E-state index contributed by atoms with van der Waals surface area (Å²) in [7, 11) is 0. The van der Waals surface area contributed by atoms with Gasteiger partial charge < -0.3 is 5.73 Å². The average Bonchev–Trinajstić information content (AvgIpc) is 2.72. The van der Waals surface area contributed by atoms with Crippen molar-refractivity contribution in [1.82, 2.24) is 0 Å². The maximum atomic E-state index is 13.4. The van der Waals surface area contributed by atoms with Crippen LogP contribution < -0.4 is 5.73 Å². The van der Waals surface area contributed by atoms with Gasteiger partial charge in [-0.3, -0.25) is 0 Å². The van der Waals surface area contributed by atoms with Gasteiger partial charge in [-0.1, -0.05) is 6.07 Å². The van der Waals surface area contributed by atoms with E-state index in [0.717, 1.165) is 16.5 Å². The molecular weight excluding hydrogens is 308 g/mol. The zero-order valence-electron chi connectivity index (χ0n) is 9.01. The molecule has 90 valence electrons. The Labute approximate surface area is 110 Å². The van der Waals surface area contributed by atoms with E-state index in [9.17, 15) is 8.78 Å². The summed E-state index contributed by atoms with van der Waals surface area (Å²) >= 11 is 4.63. The largest absolute Gasteiger partial charge is 0.320 e. The molecular formula is C12H10BrF2NS. The second-order valence-corrected chi connectivity index (χ2v) is 5.59.